The minimum Gasteiger partial charge on any atom is -0.443 e. The van der Waals surface area contributed by atoms with Crippen molar-refractivity contribution >= 4 is 0 Å². The topological polar surface area (TPSA) is 49.5 Å². The number of aromatic nitrogens is 1. The molecule has 2 heterocycles. The van der Waals surface area contributed by atoms with Crippen LogP contribution in [-0.2, 0) is 0 Å². The fourth-order valence-corrected chi connectivity index (χ4v) is 2.18. The predicted octanol–water partition coefficient (Wildman–Crippen LogP) is 1.93. The van der Waals surface area contributed by atoms with Crippen LogP contribution < -0.4 is 0 Å². The van der Waals surface area contributed by atoms with Crippen molar-refractivity contribution in [2.45, 2.75) is 38.7 Å². The second-order valence-electron chi connectivity index (χ2n) is 4.49. The Balaban J connectivity index is 1.97. The van der Waals surface area contributed by atoms with Gasteiger partial charge in [0.25, 0.3) is 0 Å². The van der Waals surface area contributed by atoms with Crippen molar-refractivity contribution in [1.82, 2.24) is 9.88 Å². The van der Waals surface area contributed by atoms with E-state index in [4.69, 9.17) is 4.42 Å². The van der Waals surface area contributed by atoms with Gasteiger partial charge in [0, 0.05) is 5.92 Å². The van der Waals surface area contributed by atoms with E-state index in [0.717, 1.165) is 38.4 Å². The van der Waals surface area contributed by atoms with Gasteiger partial charge in [0.15, 0.2) is 11.7 Å². The Hall–Kier alpha value is -0.870. The van der Waals surface area contributed by atoms with Crippen molar-refractivity contribution in [1.29, 1.82) is 0 Å². The van der Waals surface area contributed by atoms with Crippen molar-refractivity contribution < 1.29 is 9.52 Å². The van der Waals surface area contributed by atoms with Gasteiger partial charge in [0.05, 0.1) is 6.20 Å². The average molecular weight is 224 g/mol. The molecule has 0 radical (unpaired) electrons. The van der Waals surface area contributed by atoms with Crippen LogP contribution in [0.1, 0.15) is 50.4 Å². The third-order valence-corrected chi connectivity index (χ3v) is 3.34. The van der Waals surface area contributed by atoms with E-state index in [0.29, 0.717) is 11.7 Å². The summed E-state index contributed by atoms with van der Waals surface area (Å²) in [5.41, 5.74) is 0. The second kappa shape index (κ2) is 4.97. The largest absolute Gasteiger partial charge is 0.443 e. The molecule has 1 aromatic heterocycles. The maximum absolute atomic E-state index is 9.37. The lowest BCUT2D eigenvalue weighted by molar-refractivity contribution is 0.160. The van der Waals surface area contributed by atoms with Crippen LogP contribution in [0.2, 0.25) is 0 Å². The van der Waals surface area contributed by atoms with Gasteiger partial charge in [0.1, 0.15) is 6.10 Å². The zero-order valence-corrected chi connectivity index (χ0v) is 10.0. The molecule has 2 rings (SSSR count). The molecule has 16 heavy (non-hydrogen) atoms. The highest BCUT2D eigenvalue weighted by molar-refractivity contribution is 5.02. The van der Waals surface area contributed by atoms with E-state index in [1.165, 1.54) is 0 Å². The number of aliphatic hydroxyl groups is 1. The van der Waals surface area contributed by atoms with E-state index >= 15 is 0 Å². The van der Waals surface area contributed by atoms with Crippen LogP contribution in [0.5, 0.6) is 0 Å². The fourth-order valence-electron chi connectivity index (χ4n) is 2.18. The quantitative estimate of drug-likeness (QED) is 0.852. The van der Waals surface area contributed by atoms with E-state index < -0.39 is 6.10 Å². The SMILES string of the molecule is CCN1CCC(c2ncc(C(C)O)o2)CC1. The number of hydrogen-bond donors (Lipinski definition) is 1. The Kier molecular flexibility index (Phi) is 3.61. The van der Waals surface area contributed by atoms with Gasteiger partial charge in [-0.05, 0) is 39.4 Å². The predicted molar refractivity (Wildman–Crippen MR) is 61.2 cm³/mol. The third-order valence-electron chi connectivity index (χ3n) is 3.34. The Bertz CT molecular complexity index is 328. The molecule has 0 spiro atoms. The minimum atomic E-state index is -0.558. The average Bonchev–Trinajstić information content (AvgIpc) is 2.78. The van der Waals surface area contributed by atoms with Crippen LogP contribution in [-0.4, -0.2) is 34.6 Å². The Labute approximate surface area is 96.3 Å². The molecule has 1 aromatic rings. The molecule has 1 fully saturated rings. The first-order valence-electron chi connectivity index (χ1n) is 6.06. The first kappa shape index (κ1) is 11.6. The zero-order valence-electron chi connectivity index (χ0n) is 10.0. The van der Waals surface area contributed by atoms with Gasteiger partial charge in [-0.25, -0.2) is 4.98 Å². The summed E-state index contributed by atoms with van der Waals surface area (Å²) in [5.74, 6) is 1.80. The Morgan fingerprint density at radius 3 is 2.75 bits per heavy atom. The number of hydrogen-bond acceptors (Lipinski definition) is 4. The van der Waals surface area contributed by atoms with E-state index in [9.17, 15) is 5.11 Å². The molecule has 4 heteroatoms. The molecule has 90 valence electrons. The summed E-state index contributed by atoms with van der Waals surface area (Å²) in [5, 5.41) is 9.37. The number of likely N-dealkylation sites (tertiary alicyclic amines) is 1. The van der Waals surface area contributed by atoms with Crippen molar-refractivity contribution in [3.8, 4) is 0 Å². The third kappa shape index (κ3) is 2.44. The van der Waals surface area contributed by atoms with Gasteiger partial charge in [0.2, 0.25) is 0 Å². The fraction of sp³-hybridized carbons (Fsp3) is 0.750. The highest BCUT2D eigenvalue weighted by Gasteiger charge is 2.23. The number of piperidine rings is 1. The molecule has 0 aromatic carbocycles. The molecule has 0 bridgehead atoms. The summed E-state index contributed by atoms with van der Waals surface area (Å²) in [6.45, 7) is 7.25. The Morgan fingerprint density at radius 1 is 1.56 bits per heavy atom. The standard InChI is InChI=1S/C12H20N2O2/c1-3-14-6-4-10(5-7-14)12-13-8-11(16-12)9(2)15/h8-10,15H,3-7H2,1-2H3. The zero-order chi connectivity index (χ0) is 11.5. The van der Waals surface area contributed by atoms with Crippen LogP contribution in [0, 0.1) is 0 Å². The summed E-state index contributed by atoms with van der Waals surface area (Å²) in [7, 11) is 0. The molecule has 0 saturated carbocycles. The molecular weight excluding hydrogens is 204 g/mol. The van der Waals surface area contributed by atoms with Gasteiger partial charge in [-0.1, -0.05) is 6.92 Å². The molecule has 1 aliphatic heterocycles. The van der Waals surface area contributed by atoms with Crippen LogP contribution in [0.3, 0.4) is 0 Å². The first-order chi connectivity index (χ1) is 7.70. The normalized spacial score (nSPS) is 21.2. The molecule has 0 aliphatic carbocycles. The summed E-state index contributed by atoms with van der Waals surface area (Å²) in [6, 6.07) is 0. The van der Waals surface area contributed by atoms with Gasteiger partial charge >= 0.3 is 0 Å². The molecule has 0 amide bonds. The van der Waals surface area contributed by atoms with Crippen molar-refractivity contribution in [2.75, 3.05) is 19.6 Å². The summed E-state index contributed by atoms with van der Waals surface area (Å²) < 4.78 is 5.57. The number of rotatable bonds is 3. The van der Waals surface area contributed by atoms with Crippen molar-refractivity contribution in [3.63, 3.8) is 0 Å². The van der Waals surface area contributed by atoms with Crippen LogP contribution in [0.4, 0.5) is 0 Å². The van der Waals surface area contributed by atoms with E-state index in [1.807, 2.05) is 0 Å². The molecular formula is C12H20N2O2. The monoisotopic (exact) mass is 224 g/mol. The molecule has 4 nitrogen and oxygen atoms in total. The molecule has 1 saturated heterocycles. The van der Waals surface area contributed by atoms with Crippen LogP contribution in [0.15, 0.2) is 10.6 Å². The van der Waals surface area contributed by atoms with E-state index in [-0.39, 0.29) is 0 Å². The summed E-state index contributed by atoms with van der Waals surface area (Å²) in [6.07, 6.45) is 3.30. The van der Waals surface area contributed by atoms with Gasteiger partial charge in [-0.3, -0.25) is 0 Å². The number of oxazole rings is 1. The van der Waals surface area contributed by atoms with Gasteiger partial charge in [-0.15, -0.1) is 0 Å². The Morgan fingerprint density at radius 2 is 2.25 bits per heavy atom. The van der Waals surface area contributed by atoms with Crippen LogP contribution in [0.25, 0.3) is 0 Å². The van der Waals surface area contributed by atoms with E-state index in [1.54, 1.807) is 13.1 Å². The molecule has 1 atom stereocenters. The number of aliphatic hydroxyl groups excluding tert-OH is 1. The highest BCUT2D eigenvalue weighted by atomic mass is 16.4. The second-order valence-corrected chi connectivity index (χ2v) is 4.49. The lowest BCUT2D eigenvalue weighted by Gasteiger charge is -2.29. The molecule has 1 N–H and O–H groups in total. The van der Waals surface area contributed by atoms with Gasteiger partial charge in [-0.2, -0.15) is 0 Å². The first-order valence-corrected chi connectivity index (χ1v) is 6.06. The summed E-state index contributed by atoms with van der Waals surface area (Å²) >= 11 is 0. The van der Waals surface area contributed by atoms with Crippen LogP contribution >= 0.6 is 0 Å². The lowest BCUT2D eigenvalue weighted by Crippen LogP contribution is -2.32. The summed E-state index contributed by atoms with van der Waals surface area (Å²) in [4.78, 5) is 6.71. The van der Waals surface area contributed by atoms with Crippen molar-refractivity contribution in [3.05, 3.63) is 17.8 Å². The maximum Gasteiger partial charge on any atom is 0.197 e. The molecule has 1 aliphatic rings. The van der Waals surface area contributed by atoms with Crippen molar-refractivity contribution in [2.24, 2.45) is 0 Å². The number of nitrogens with zero attached hydrogens (tertiary/aromatic N) is 2. The van der Waals surface area contributed by atoms with E-state index in [2.05, 4.69) is 16.8 Å². The maximum atomic E-state index is 9.37. The molecule has 1 unspecified atom stereocenters. The minimum absolute atomic E-state index is 0.426. The highest BCUT2D eigenvalue weighted by Crippen LogP contribution is 2.28. The van der Waals surface area contributed by atoms with Gasteiger partial charge < -0.3 is 14.4 Å². The lowest BCUT2D eigenvalue weighted by atomic mass is 9.97. The smallest absolute Gasteiger partial charge is 0.197 e.